The minimum atomic E-state index is -3.50. The number of nitrogens with one attached hydrogen (secondary N) is 1. The van der Waals surface area contributed by atoms with Crippen LogP contribution >= 0.6 is 12.2 Å². The van der Waals surface area contributed by atoms with Crippen LogP contribution in [0.3, 0.4) is 0 Å². The van der Waals surface area contributed by atoms with Crippen molar-refractivity contribution >= 4 is 33.0 Å². The monoisotopic (exact) mass is 234 g/mol. The summed E-state index contributed by atoms with van der Waals surface area (Å²) in [6, 6.07) is 1.54. The van der Waals surface area contributed by atoms with Crippen LogP contribution in [0.5, 0.6) is 0 Å². The first-order valence-corrected chi connectivity index (χ1v) is 5.73. The predicted molar refractivity (Wildman–Crippen MR) is 57.4 cm³/mol. The van der Waals surface area contributed by atoms with Crippen molar-refractivity contribution < 1.29 is 8.42 Å². The molecule has 0 amide bonds. The van der Waals surface area contributed by atoms with Crippen molar-refractivity contribution in [2.45, 2.75) is 0 Å². The second-order valence-corrected chi connectivity index (χ2v) is 4.91. The molecule has 1 aromatic rings. The van der Waals surface area contributed by atoms with Crippen LogP contribution in [0.2, 0.25) is 0 Å². The van der Waals surface area contributed by atoms with E-state index in [0.29, 0.717) is 5.82 Å². The Bertz CT molecular complexity index is 436. The highest BCUT2D eigenvalue weighted by Crippen LogP contribution is 2.06. The van der Waals surface area contributed by atoms with E-state index in [1.165, 1.54) is 16.9 Å². The van der Waals surface area contributed by atoms with Gasteiger partial charge in [-0.25, -0.2) is 8.42 Å². The zero-order chi connectivity index (χ0) is 10.8. The van der Waals surface area contributed by atoms with Gasteiger partial charge < -0.3 is 5.73 Å². The fourth-order valence-corrected chi connectivity index (χ4v) is 2.29. The van der Waals surface area contributed by atoms with Gasteiger partial charge in [-0.05, 0) is 0 Å². The highest BCUT2D eigenvalue weighted by Gasteiger charge is 2.13. The molecule has 0 aliphatic heterocycles. The van der Waals surface area contributed by atoms with Crippen LogP contribution in [-0.2, 0) is 17.1 Å². The van der Waals surface area contributed by atoms with Gasteiger partial charge in [-0.3, -0.25) is 9.40 Å². The third-order valence-electron chi connectivity index (χ3n) is 1.41. The fraction of sp³-hybridized carbons (Fsp3) is 0.333. The molecular weight excluding hydrogens is 224 g/mol. The molecular formula is C6H10N4O2S2. The molecule has 1 rings (SSSR count). The van der Waals surface area contributed by atoms with Crippen molar-refractivity contribution in [2.75, 3.05) is 10.5 Å². The maximum Gasteiger partial charge on any atom is 0.240 e. The lowest BCUT2D eigenvalue weighted by Gasteiger charge is -2.06. The summed E-state index contributed by atoms with van der Waals surface area (Å²) in [5.41, 5.74) is 5.14. The lowest BCUT2D eigenvalue weighted by Crippen LogP contribution is -2.27. The number of rotatable bonds is 4. The van der Waals surface area contributed by atoms with Gasteiger partial charge in [-0.1, -0.05) is 12.2 Å². The number of thiocarbonyl (C=S) groups is 1. The van der Waals surface area contributed by atoms with E-state index < -0.39 is 10.0 Å². The molecule has 0 bridgehead atoms. The summed E-state index contributed by atoms with van der Waals surface area (Å²) in [5.74, 6) is 0.00861. The maximum atomic E-state index is 11.3. The molecule has 0 radical (unpaired) electrons. The second-order valence-electron chi connectivity index (χ2n) is 2.67. The predicted octanol–water partition coefficient (Wildman–Crippen LogP) is -0.552. The highest BCUT2D eigenvalue weighted by molar-refractivity contribution is 7.95. The Hall–Kier alpha value is -1.15. The van der Waals surface area contributed by atoms with Crippen molar-refractivity contribution in [2.24, 2.45) is 12.8 Å². The molecule has 0 aromatic carbocycles. The lowest BCUT2D eigenvalue weighted by molar-refractivity contribution is 0.604. The number of sulfonamides is 1. The Kier molecular flexibility index (Phi) is 3.06. The van der Waals surface area contributed by atoms with E-state index in [-0.39, 0.29) is 10.7 Å². The molecule has 0 atom stereocenters. The summed E-state index contributed by atoms with van der Waals surface area (Å²) in [6.45, 7) is 0. The first kappa shape index (κ1) is 10.9. The molecule has 6 nitrogen and oxygen atoms in total. The summed E-state index contributed by atoms with van der Waals surface area (Å²) >= 11 is 4.51. The molecule has 3 N–H and O–H groups in total. The van der Waals surface area contributed by atoms with Gasteiger partial charge in [-0.2, -0.15) is 5.10 Å². The van der Waals surface area contributed by atoms with Gasteiger partial charge in [0.05, 0.1) is 11.2 Å². The van der Waals surface area contributed by atoms with E-state index in [4.69, 9.17) is 5.73 Å². The fourth-order valence-electron chi connectivity index (χ4n) is 0.857. The Balaban J connectivity index is 2.79. The summed E-state index contributed by atoms with van der Waals surface area (Å²) in [4.78, 5) is -0.0698. The normalized spacial score (nSPS) is 11.2. The topological polar surface area (TPSA) is 90.0 Å². The first-order chi connectivity index (χ1) is 6.41. The molecule has 0 saturated carbocycles. The van der Waals surface area contributed by atoms with Gasteiger partial charge in [0.1, 0.15) is 11.6 Å². The van der Waals surface area contributed by atoms with Gasteiger partial charge in [0.15, 0.2) is 0 Å². The zero-order valence-corrected chi connectivity index (χ0v) is 9.10. The third kappa shape index (κ3) is 2.96. The minimum Gasteiger partial charge on any atom is -0.392 e. The molecule has 78 valence electrons. The van der Waals surface area contributed by atoms with Crippen LogP contribution in [0.25, 0.3) is 0 Å². The minimum absolute atomic E-state index is 0.0698. The third-order valence-corrected chi connectivity index (χ3v) is 2.95. The van der Waals surface area contributed by atoms with Crippen LogP contribution in [0.4, 0.5) is 5.82 Å². The Labute approximate surface area is 87.1 Å². The summed E-state index contributed by atoms with van der Waals surface area (Å²) in [6.07, 6.45) is 1.48. The maximum absolute atomic E-state index is 11.3. The Morgan fingerprint density at radius 1 is 1.79 bits per heavy atom. The van der Waals surface area contributed by atoms with Gasteiger partial charge >= 0.3 is 0 Å². The van der Waals surface area contributed by atoms with E-state index in [0.717, 1.165) is 0 Å². The highest BCUT2D eigenvalue weighted by atomic mass is 32.2. The SMILES string of the molecule is Cn1nccc1NS(=O)(=O)CC(N)=S. The molecule has 0 spiro atoms. The number of hydrogen-bond donors (Lipinski definition) is 2. The molecule has 0 saturated heterocycles. The van der Waals surface area contributed by atoms with E-state index >= 15 is 0 Å². The number of hydrogen-bond acceptors (Lipinski definition) is 4. The van der Waals surface area contributed by atoms with Crippen molar-refractivity contribution in [3.8, 4) is 0 Å². The van der Waals surface area contributed by atoms with Crippen molar-refractivity contribution in [1.82, 2.24) is 9.78 Å². The number of nitrogens with two attached hydrogens (primary N) is 1. The molecule has 0 fully saturated rings. The van der Waals surface area contributed by atoms with Gasteiger partial charge in [0, 0.05) is 13.1 Å². The van der Waals surface area contributed by atoms with Crippen LogP contribution in [0, 0.1) is 0 Å². The standard InChI is InChI=1S/C6H10N4O2S2/c1-10-6(2-3-8-10)9-14(11,12)4-5(7)13/h2-3,9H,4H2,1H3,(H2,7,13). The molecule has 14 heavy (non-hydrogen) atoms. The average Bonchev–Trinajstić information content (AvgIpc) is 2.32. The quantitative estimate of drug-likeness (QED) is 0.682. The molecule has 1 aromatic heterocycles. The molecule has 8 heteroatoms. The smallest absolute Gasteiger partial charge is 0.240 e. The first-order valence-electron chi connectivity index (χ1n) is 3.67. The summed E-state index contributed by atoms with van der Waals surface area (Å²) in [5, 5.41) is 3.81. The van der Waals surface area contributed by atoms with Crippen LogP contribution in [0.1, 0.15) is 0 Å². The average molecular weight is 234 g/mol. The second kappa shape index (κ2) is 3.93. The van der Waals surface area contributed by atoms with Gasteiger partial charge in [0.25, 0.3) is 0 Å². The van der Waals surface area contributed by atoms with E-state index in [1.54, 1.807) is 7.05 Å². The summed E-state index contributed by atoms with van der Waals surface area (Å²) in [7, 11) is -1.88. The molecule has 0 aliphatic carbocycles. The van der Waals surface area contributed by atoms with Gasteiger partial charge in [-0.15, -0.1) is 0 Å². The molecule has 1 heterocycles. The molecule has 0 unspecified atom stereocenters. The van der Waals surface area contributed by atoms with Crippen LogP contribution in [0.15, 0.2) is 12.3 Å². The Morgan fingerprint density at radius 2 is 2.43 bits per heavy atom. The number of aromatic nitrogens is 2. The number of anilines is 1. The van der Waals surface area contributed by atoms with Crippen molar-refractivity contribution in [1.29, 1.82) is 0 Å². The largest absolute Gasteiger partial charge is 0.392 e. The summed E-state index contributed by atoms with van der Waals surface area (Å²) < 4.78 is 26.4. The number of aryl methyl sites for hydroxylation is 1. The van der Waals surface area contributed by atoms with Crippen LogP contribution in [-0.4, -0.2) is 28.9 Å². The van der Waals surface area contributed by atoms with Crippen molar-refractivity contribution in [3.05, 3.63) is 12.3 Å². The van der Waals surface area contributed by atoms with Gasteiger partial charge in [0.2, 0.25) is 10.0 Å². The van der Waals surface area contributed by atoms with Crippen LogP contribution < -0.4 is 10.5 Å². The zero-order valence-electron chi connectivity index (χ0n) is 7.47. The Morgan fingerprint density at radius 3 is 2.86 bits per heavy atom. The van der Waals surface area contributed by atoms with Crippen molar-refractivity contribution in [3.63, 3.8) is 0 Å². The lowest BCUT2D eigenvalue weighted by atomic mass is 10.7. The number of nitrogens with zero attached hydrogens (tertiary/aromatic N) is 2. The van der Waals surface area contributed by atoms with E-state index in [9.17, 15) is 8.42 Å². The molecule has 0 aliphatic rings. The van der Waals surface area contributed by atoms with E-state index in [1.807, 2.05) is 0 Å². The van der Waals surface area contributed by atoms with E-state index in [2.05, 4.69) is 22.0 Å².